The number of thiophene rings is 2. The van der Waals surface area contributed by atoms with Gasteiger partial charge in [0.05, 0.1) is 16.6 Å². The zero-order valence-corrected chi connectivity index (χ0v) is 56.0. The number of benzene rings is 15. The average molecular weight is 1290 g/mol. The molecule has 0 atom stereocenters. The predicted octanol–water partition coefficient (Wildman–Crippen LogP) is 27.4. The van der Waals surface area contributed by atoms with Crippen LogP contribution in [0.4, 0.5) is 34.1 Å². The minimum Gasteiger partial charge on any atom is -0.456 e. The molecule has 6 heterocycles. The number of rotatable bonds is 6. The highest BCUT2D eigenvalue weighted by atomic mass is 32.1. The average Bonchev–Trinajstić information content (AvgIpc) is 1.55. The maximum absolute atomic E-state index is 6.47. The number of anilines is 6. The van der Waals surface area contributed by atoms with Crippen LogP contribution in [-0.4, -0.2) is 4.40 Å². The van der Waals surface area contributed by atoms with E-state index in [4.69, 9.17) is 8.83 Å². The summed E-state index contributed by atoms with van der Waals surface area (Å²) in [5, 5.41) is 22.3. The molecule has 98 heavy (non-hydrogen) atoms. The van der Waals surface area contributed by atoms with Gasteiger partial charge in [-0.25, -0.2) is 0 Å². The molecule has 1 aliphatic carbocycles. The van der Waals surface area contributed by atoms with Crippen molar-refractivity contribution in [2.75, 3.05) is 9.80 Å². The van der Waals surface area contributed by atoms with Gasteiger partial charge in [0.15, 0.2) is 0 Å². The maximum Gasteiger partial charge on any atom is 0.135 e. The molecule has 22 rings (SSSR count). The Kier molecular flexibility index (Phi) is 10.8. The van der Waals surface area contributed by atoms with E-state index in [1.807, 2.05) is 22.7 Å². The largest absolute Gasteiger partial charge is 0.456 e. The van der Waals surface area contributed by atoms with Crippen LogP contribution in [0, 0.1) is 0 Å². The number of hydrogen-bond donors (Lipinski definition) is 0. The van der Waals surface area contributed by atoms with E-state index < -0.39 is 0 Å². The SMILES string of the molecule is CC(C)(C)c1cc2c3ccc(N(c4ccc5c(c4)sc4c6ccccc6ccc54)c4ccc5oc6ccccc6c5c4)cc3n3c4cc5cc6c(cc5cc4c(c1)c23)C(C)(C)c1cc(N(c2ccc3c(c2)sc2c4ccccc4ccc32)c2ccc3oc4ccccc4c3c2)ccc1-6. The van der Waals surface area contributed by atoms with Crippen molar-refractivity contribution in [3.8, 4) is 11.1 Å². The summed E-state index contributed by atoms with van der Waals surface area (Å²) in [6, 6.07) is 100. The molecule has 0 saturated carbocycles. The lowest BCUT2D eigenvalue weighted by molar-refractivity contribution is 0.592. The van der Waals surface area contributed by atoms with Gasteiger partial charge in [0.2, 0.25) is 0 Å². The van der Waals surface area contributed by atoms with Crippen molar-refractivity contribution < 1.29 is 8.83 Å². The highest BCUT2D eigenvalue weighted by Gasteiger charge is 2.37. The first-order valence-electron chi connectivity index (χ1n) is 33.9. The van der Waals surface area contributed by atoms with Crippen molar-refractivity contribution in [2.24, 2.45) is 0 Å². The highest BCUT2D eigenvalue weighted by molar-refractivity contribution is 7.27. The Labute approximate surface area is 570 Å². The summed E-state index contributed by atoms with van der Waals surface area (Å²) in [6.45, 7) is 11.9. The molecule has 21 aromatic rings. The van der Waals surface area contributed by atoms with E-state index in [2.05, 4.69) is 316 Å². The normalized spacial score (nSPS) is 13.4. The van der Waals surface area contributed by atoms with Crippen LogP contribution in [0.3, 0.4) is 0 Å². The summed E-state index contributed by atoms with van der Waals surface area (Å²) in [5.74, 6) is 0. The summed E-state index contributed by atoms with van der Waals surface area (Å²) >= 11 is 3.78. The van der Waals surface area contributed by atoms with Gasteiger partial charge in [-0.3, -0.25) is 0 Å². The van der Waals surface area contributed by atoms with Gasteiger partial charge < -0.3 is 23.0 Å². The van der Waals surface area contributed by atoms with Crippen LogP contribution < -0.4 is 9.80 Å². The fourth-order valence-corrected chi connectivity index (χ4v) is 19.6. The Balaban J connectivity index is 0.724. The number of hydrogen-bond acceptors (Lipinski definition) is 6. The van der Waals surface area contributed by atoms with Crippen molar-refractivity contribution in [1.82, 2.24) is 4.40 Å². The lowest BCUT2D eigenvalue weighted by Crippen LogP contribution is -2.16. The first kappa shape index (κ1) is 54.7. The maximum atomic E-state index is 6.47. The number of aromatic nitrogens is 1. The first-order valence-corrected chi connectivity index (χ1v) is 35.6. The molecule has 0 bridgehead atoms. The summed E-state index contributed by atoms with van der Waals surface area (Å²) in [4.78, 5) is 4.93. The molecule has 462 valence electrons. The highest BCUT2D eigenvalue weighted by Crippen LogP contribution is 2.55. The van der Waals surface area contributed by atoms with Gasteiger partial charge in [-0.15, -0.1) is 22.7 Å². The monoisotopic (exact) mass is 1290 g/mol. The Morgan fingerprint density at radius 1 is 0.316 bits per heavy atom. The smallest absolute Gasteiger partial charge is 0.135 e. The Morgan fingerprint density at radius 3 is 1.36 bits per heavy atom. The van der Waals surface area contributed by atoms with Crippen LogP contribution in [0.15, 0.2) is 276 Å². The van der Waals surface area contributed by atoms with Gasteiger partial charge in [0, 0.05) is 123 Å². The second kappa shape index (κ2) is 19.4. The number of para-hydroxylation sites is 2. The molecule has 6 aromatic heterocycles. The van der Waals surface area contributed by atoms with E-state index in [1.165, 1.54) is 139 Å². The number of nitrogens with zero attached hydrogens (tertiary/aromatic N) is 3. The third kappa shape index (κ3) is 7.60. The summed E-state index contributed by atoms with van der Waals surface area (Å²) < 4.78 is 20.7. The second-order valence-electron chi connectivity index (χ2n) is 28.8. The van der Waals surface area contributed by atoms with Gasteiger partial charge in [-0.05, 0) is 199 Å². The molecule has 0 aliphatic heterocycles. The Morgan fingerprint density at radius 2 is 0.765 bits per heavy atom. The molecule has 0 unspecified atom stereocenters. The van der Waals surface area contributed by atoms with E-state index in [0.29, 0.717) is 0 Å². The zero-order valence-electron chi connectivity index (χ0n) is 54.4. The molecule has 0 spiro atoms. The van der Waals surface area contributed by atoms with Crippen LogP contribution in [0.2, 0.25) is 0 Å². The van der Waals surface area contributed by atoms with E-state index in [-0.39, 0.29) is 10.8 Å². The molecule has 5 nitrogen and oxygen atoms in total. The van der Waals surface area contributed by atoms with E-state index >= 15 is 0 Å². The Hall–Kier alpha value is -11.5. The molecule has 0 N–H and O–H groups in total. The molecule has 7 heteroatoms. The fraction of sp³-hybridized carbons (Fsp3) is 0.0769. The van der Waals surface area contributed by atoms with Crippen molar-refractivity contribution in [2.45, 2.75) is 45.4 Å². The van der Waals surface area contributed by atoms with Crippen molar-refractivity contribution in [1.29, 1.82) is 0 Å². The summed E-state index contributed by atoms with van der Waals surface area (Å²) in [5.41, 5.74) is 19.9. The van der Waals surface area contributed by atoms with Crippen LogP contribution in [0.25, 0.3) is 166 Å². The molecule has 0 fully saturated rings. The van der Waals surface area contributed by atoms with Gasteiger partial charge in [-0.2, -0.15) is 0 Å². The van der Waals surface area contributed by atoms with Crippen molar-refractivity contribution >= 4 is 211 Å². The van der Waals surface area contributed by atoms with Crippen LogP contribution >= 0.6 is 22.7 Å². The molecular formula is C91H59N3O2S2. The molecule has 0 radical (unpaired) electrons. The first-order chi connectivity index (χ1) is 47.9. The number of furan rings is 2. The van der Waals surface area contributed by atoms with Gasteiger partial charge in [0.1, 0.15) is 22.3 Å². The second-order valence-corrected chi connectivity index (χ2v) is 30.9. The molecular weight excluding hydrogens is 1230 g/mol. The topological polar surface area (TPSA) is 37.2 Å². The fourth-order valence-electron chi connectivity index (χ4n) is 17.1. The van der Waals surface area contributed by atoms with Gasteiger partial charge >= 0.3 is 0 Å². The van der Waals surface area contributed by atoms with Crippen molar-refractivity contribution in [3.05, 3.63) is 284 Å². The van der Waals surface area contributed by atoms with Crippen LogP contribution in [0.5, 0.6) is 0 Å². The van der Waals surface area contributed by atoms with Gasteiger partial charge in [0.25, 0.3) is 0 Å². The predicted molar refractivity (Wildman–Crippen MR) is 420 cm³/mol. The van der Waals surface area contributed by atoms with Crippen molar-refractivity contribution in [3.63, 3.8) is 0 Å². The third-order valence-corrected chi connectivity index (χ3v) is 24.3. The summed E-state index contributed by atoms with van der Waals surface area (Å²) in [6.07, 6.45) is 0. The van der Waals surface area contributed by atoms with Crippen LogP contribution in [-0.2, 0) is 10.8 Å². The van der Waals surface area contributed by atoms with Crippen LogP contribution in [0.1, 0.15) is 51.3 Å². The van der Waals surface area contributed by atoms with E-state index in [9.17, 15) is 0 Å². The lowest BCUT2D eigenvalue weighted by Gasteiger charge is -2.28. The quantitative estimate of drug-likeness (QED) is 0.166. The van der Waals surface area contributed by atoms with E-state index in [1.54, 1.807) is 0 Å². The molecule has 0 saturated heterocycles. The molecule has 15 aromatic carbocycles. The van der Waals surface area contributed by atoms with E-state index in [0.717, 1.165) is 78.0 Å². The molecule has 1 aliphatic rings. The Bertz CT molecular complexity index is 7100. The lowest BCUT2D eigenvalue weighted by atomic mass is 9.81. The number of fused-ring (bicyclic) bond motifs is 26. The molecule has 0 amide bonds. The minimum atomic E-state index is -0.310. The standard InChI is InChI=1S/C91H59N3O2S2/c1-90(2,3)54-42-75-64-33-25-58(93(56-29-37-84-74(45-56)66-19-11-13-21-82(66)96-84)60-27-35-68-70-31-23-51-15-7-9-17-62(51)89(70)98-86(68)49-60)47-80(64)94-79-41-53-38-71-63-32-24-57(46-78(63)91(4,5)77(71)40-52(53)39-72(79)76(43-54)87(75)94)92(55-28-36-83-73(44-55)65-18-10-12-20-81(65)95-83)59-26-34-67-69-30-22-50-14-6-8-16-61(50)88(69)97-85(67)48-59/h6-49H,1-5H3. The minimum absolute atomic E-state index is 0.0883. The summed E-state index contributed by atoms with van der Waals surface area (Å²) in [7, 11) is 0. The third-order valence-electron chi connectivity index (χ3n) is 21.9. The zero-order chi connectivity index (χ0) is 64.8. The van der Waals surface area contributed by atoms with Gasteiger partial charge in [-0.1, -0.05) is 168 Å².